The van der Waals surface area contributed by atoms with Gasteiger partial charge in [-0.1, -0.05) is 30.3 Å². The molecule has 2 N–H and O–H groups in total. The zero-order valence-electron chi connectivity index (χ0n) is 12.0. The van der Waals surface area contributed by atoms with Crippen LogP contribution < -0.4 is 10.6 Å². The van der Waals surface area contributed by atoms with Crippen molar-refractivity contribution >= 4 is 11.6 Å². The molecule has 2 aromatic rings. The molecule has 1 aliphatic rings. The standard InChI is InChI=1S/C16H20N4O/c1-2-5-13(6-3-1)10-17-15-9-16(20-12-19-15)18-11-14-7-4-8-21-14/h1-3,5-6,9,12,14H,4,7-8,10-11H2,(H2,17,18,19,20). The molecule has 0 radical (unpaired) electrons. The summed E-state index contributed by atoms with van der Waals surface area (Å²) in [6.07, 6.45) is 4.16. The SMILES string of the molecule is c1ccc(CNc2cc(NCC3CCCO3)ncn2)cc1. The Morgan fingerprint density at radius 2 is 1.90 bits per heavy atom. The van der Waals surface area contributed by atoms with Crippen molar-refractivity contribution in [2.75, 3.05) is 23.8 Å². The van der Waals surface area contributed by atoms with Crippen LogP contribution in [0, 0.1) is 0 Å². The van der Waals surface area contributed by atoms with Crippen molar-refractivity contribution in [3.63, 3.8) is 0 Å². The third kappa shape index (κ3) is 4.16. The number of nitrogens with one attached hydrogen (secondary N) is 2. The van der Waals surface area contributed by atoms with E-state index < -0.39 is 0 Å². The fourth-order valence-corrected chi connectivity index (χ4v) is 2.36. The number of ether oxygens (including phenoxy) is 1. The monoisotopic (exact) mass is 284 g/mol. The van der Waals surface area contributed by atoms with Crippen molar-refractivity contribution < 1.29 is 4.74 Å². The summed E-state index contributed by atoms with van der Waals surface area (Å²) in [5.74, 6) is 1.65. The smallest absolute Gasteiger partial charge is 0.131 e. The molecule has 1 aromatic carbocycles. The molecule has 1 aromatic heterocycles. The predicted octanol–water partition coefficient (Wildman–Crippen LogP) is 2.68. The Balaban J connectivity index is 1.52. The van der Waals surface area contributed by atoms with Crippen LogP contribution in [-0.4, -0.2) is 29.2 Å². The lowest BCUT2D eigenvalue weighted by atomic mass is 10.2. The Bertz CT molecular complexity index is 555. The molecule has 5 nitrogen and oxygen atoms in total. The first kappa shape index (κ1) is 13.8. The van der Waals surface area contributed by atoms with Crippen LogP contribution in [0.25, 0.3) is 0 Å². The number of nitrogens with zero attached hydrogens (tertiary/aromatic N) is 2. The summed E-state index contributed by atoms with van der Waals surface area (Å²) < 4.78 is 5.59. The van der Waals surface area contributed by atoms with Gasteiger partial charge >= 0.3 is 0 Å². The Morgan fingerprint density at radius 3 is 2.67 bits per heavy atom. The first-order valence-electron chi connectivity index (χ1n) is 7.35. The van der Waals surface area contributed by atoms with E-state index in [1.54, 1.807) is 6.33 Å². The minimum absolute atomic E-state index is 0.306. The van der Waals surface area contributed by atoms with Gasteiger partial charge in [0.25, 0.3) is 0 Å². The molecular formula is C16H20N4O. The third-order valence-electron chi connectivity index (χ3n) is 3.52. The molecule has 2 heterocycles. The quantitative estimate of drug-likeness (QED) is 0.854. The summed E-state index contributed by atoms with van der Waals surface area (Å²) in [5, 5.41) is 6.62. The summed E-state index contributed by atoms with van der Waals surface area (Å²) >= 11 is 0. The first-order valence-corrected chi connectivity index (χ1v) is 7.35. The number of aromatic nitrogens is 2. The molecule has 3 rings (SSSR count). The van der Waals surface area contributed by atoms with Crippen LogP contribution in [0.4, 0.5) is 11.6 Å². The Kier molecular flexibility index (Phi) is 4.63. The lowest BCUT2D eigenvalue weighted by Crippen LogP contribution is -2.19. The van der Waals surface area contributed by atoms with Crippen molar-refractivity contribution in [3.8, 4) is 0 Å². The maximum absolute atomic E-state index is 5.59. The average Bonchev–Trinajstić information content (AvgIpc) is 3.06. The number of rotatable bonds is 6. The van der Waals surface area contributed by atoms with Gasteiger partial charge in [-0.25, -0.2) is 9.97 Å². The number of benzene rings is 1. The average molecular weight is 284 g/mol. The molecule has 0 aliphatic carbocycles. The van der Waals surface area contributed by atoms with Crippen molar-refractivity contribution in [2.45, 2.75) is 25.5 Å². The summed E-state index contributed by atoms with van der Waals surface area (Å²) in [6, 6.07) is 12.2. The Hall–Kier alpha value is -2.14. The second-order valence-electron chi connectivity index (χ2n) is 5.14. The van der Waals surface area contributed by atoms with Gasteiger partial charge in [-0.2, -0.15) is 0 Å². The van der Waals surface area contributed by atoms with Crippen LogP contribution in [-0.2, 0) is 11.3 Å². The Morgan fingerprint density at radius 1 is 1.10 bits per heavy atom. The molecule has 1 aliphatic heterocycles. The largest absolute Gasteiger partial charge is 0.376 e. The molecule has 1 unspecified atom stereocenters. The van der Waals surface area contributed by atoms with E-state index in [1.807, 2.05) is 24.3 Å². The maximum Gasteiger partial charge on any atom is 0.131 e. The van der Waals surface area contributed by atoms with E-state index in [-0.39, 0.29) is 0 Å². The van der Waals surface area contributed by atoms with Gasteiger partial charge in [0.05, 0.1) is 6.10 Å². The molecule has 21 heavy (non-hydrogen) atoms. The minimum atomic E-state index is 0.306. The summed E-state index contributed by atoms with van der Waals surface area (Å²) in [7, 11) is 0. The normalized spacial score (nSPS) is 17.6. The van der Waals surface area contributed by atoms with E-state index in [0.29, 0.717) is 6.10 Å². The first-order chi connectivity index (χ1) is 10.4. The zero-order chi connectivity index (χ0) is 14.3. The molecule has 1 atom stereocenters. The number of hydrogen-bond donors (Lipinski definition) is 2. The van der Waals surface area contributed by atoms with Crippen molar-refractivity contribution in [1.82, 2.24) is 9.97 Å². The van der Waals surface area contributed by atoms with Crippen LogP contribution in [0.1, 0.15) is 18.4 Å². The third-order valence-corrected chi connectivity index (χ3v) is 3.52. The lowest BCUT2D eigenvalue weighted by Gasteiger charge is -2.12. The fraction of sp³-hybridized carbons (Fsp3) is 0.375. The summed E-state index contributed by atoms with van der Waals surface area (Å²) in [4.78, 5) is 8.48. The molecule has 110 valence electrons. The fourth-order valence-electron chi connectivity index (χ4n) is 2.36. The van der Waals surface area contributed by atoms with Crippen LogP contribution in [0.15, 0.2) is 42.7 Å². The summed E-state index contributed by atoms with van der Waals surface area (Å²) in [5.41, 5.74) is 1.23. The molecule has 0 amide bonds. The second-order valence-corrected chi connectivity index (χ2v) is 5.14. The molecule has 5 heteroatoms. The van der Waals surface area contributed by atoms with E-state index in [4.69, 9.17) is 4.74 Å². The maximum atomic E-state index is 5.59. The van der Waals surface area contributed by atoms with Crippen LogP contribution in [0.5, 0.6) is 0 Å². The number of anilines is 2. The van der Waals surface area contributed by atoms with Gasteiger partial charge < -0.3 is 15.4 Å². The minimum Gasteiger partial charge on any atom is -0.376 e. The van der Waals surface area contributed by atoms with Gasteiger partial charge in [-0.15, -0.1) is 0 Å². The van der Waals surface area contributed by atoms with Crippen molar-refractivity contribution in [3.05, 3.63) is 48.3 Å². The van der Waals surface area contributed by atoms with Crippen LogP contribution in [0.2, 0.25) is 0 Å². The van der Waals surface area contributed by atoms with Gasteiger partial charge in [0.1, 0.15) is 18.0 Å². The molecule has 0 bridgehead atoms. The highest BCUT2D eigenvalue weighted by atomic mass is 16.5. The predicted molar refractivity (Wildman–Crippen MR) is 83.3 cm³/mol. The zero-order valence-corrected chi connectivity index (χ0v) is 12.0. The van der Waals surface area contributed by atoms with Crippen molar-refractivity contribution in [1.29, 1.82) is 0 Å². The molecule has 1 fully saturated rings. The number of hydrogen-bond acceptors (Lipinski definition) is 5. The second kappa shape index (κ2) is 7.04. The van der Waals surface area contributed by atoms with Crippen LogP contribution in [0.3, 0.4) is 0 Å². The van der Waals surface area contributed by atoms with E-state index in [2.05, 4.69) is 32.7 Å². The highest BCUT2D eigenvalue weighted by molar-refractivity contribution is 5.46. The van der Waals surface area contributed by atoms with E-state index in [9.17, 15) is 0 Å². The van der Waals surface area contributed by atoms with Gasteiger partial charge in [0.2, 0.25) is 0 Å². The topological polar surface area (TPSA) is 59.1 Å². The highest BCUT2D eigenvalue weighted by Crippen LogP contribution is 2.14. The van der Waals surface area contributed by atoms with Gasteiger partial charge in [0, 0.05) is 25.8 Å². The Labute approximate surface area is 124 Å². The van der Waals surface area contributed by atoms with Gasteiger partial charge in [-0.05, 0) is 18.4 Å². The van der Waals surface area contributed by atoms with Crippen molar-refractivity contribution in [2.24, 2.45) is 0 Å². The molecule has 0 spiro atoms. The van der Waals surface area contributed by atoms with Gasteiger partial charge in [0.15, 0.2) is 0 Å². The van der Waals surface area contributed by atoms with E-state index in [1.165, 1.54) is 5.56 Å². The molecule has 0 saturated carbocycles. The van der Waals surface area contributed by atoms with Crippen LogP contribution >= 0.6 is 0 Å². The van der Waals surface area contributed by atoms with Gasteiger partial charge in [-0.3, -0.25) is 0 Å². The lowest BCUT2D eigenvalue weighted by molar-refractivity contribution is 0.120. The van der Waals surface area contributed by atoms with E-state index in [0.717, 1.165) is 44.2 Å². The molecular weight excluding hydrogens is 264 g/mol. The summed E-state index contributed by atoms with van der Waals surface area (Å²) in [6.45, 7) is 2.43. The molecule has 1 saturated heterocycles. The highest BCUT2D eigenvalue weighted by Gasteiger charge is 2.14. The van der Waals surface area contributed by atoms with E-state index >= 15 is 0 Å².